The molecule has 0 atom stereocenters. The fourth-order valence-electron chi connectivity index (χ4n) is 3.71. The van der Waals surface area contributed by atoms with Crippen LogP contribution in [0, 0.1) is 11.2 Å². The van der Waals surface area contributed by atoms with E-state index in [0.29, 0.717) is 37.4 Å². The van der Waals surface area contributed by atoms with Gasteiger partial charge in [0.2, 0.25) is 5.91 Å². The Morgan fingerprint density at radius 2 is 2.07 bits per heavy atom. The van der Waals surface area contributed by atoms with Crippen LogP contribution in [0.15, 0.2) is 30.3 Å². The molecule has 27 heavy (non-hydrogen) atoms. The van der Waals surface area contributed by atoms with Gasteiger partial charge in [-0.15, -0.1) is 0 Å². The quantitative estimate of drug-likeness (QED) is 0.858. The number of likely N-dealkylation sites (tertiary alicyclic amines) is 1. The smallest absolute Gasteiger partial charge is 0.274 e. The van der Waals surface area contributed by atoms with E-state index in [1.165, 1.54) is 6.07 Å². The number of hydrogen-bond donors (Lipinski definition) is 2. The van der Waals surface area contributed by atoms with Crippen LogP contribution in [0.1, 0.15) is 35.4 Å². The maximum Gasteiger partial charge on any atom is 0.274 e. The number of amides is 2. The van der Waals surface area contributed by atoms with Gasteiger partial charge >= 0.3 is 0 Å². The molecule has 2 fully saturated rings. The summed E-state index contributed by atoms with van der Waals surface area (Å²) in [7, 11) is 0. The summed E-state index contributed by atoms with van der Waals surface area (Å²) >= 11 is 0. The van der Waals surface area contributed by atoms with Crippen molar-refractivity contribution in [2.75, 3.05) is 19.6 Å². The minimum atomic E-state index is -0.435. The second-order valence-electron chi connectivity index (χ2n) is 7.24. The molecule has 8 heteroatoms. The Hall–Kier alpha value is -2.90. The average molecular weight is 372 g/mol. The molecule has 2 aliphatic heterocycles. The fourth-order valence-corrected chi connectivity index (χ4v) is 3.71. The maximum absolute atomic E-state index is 13.6. The largest absolute Gasteiger partial charge is 0.484 e. The molecule has 0 radical (unpaired) electrons. The van der Waals surface area contributed by atoms with Crippen molar-refractivity contribution < 1.29 is 18.7 Å². The molecular formula is C19H21FN4O3. The Morgan fingerprint density at radius 1 is 1.30 bits per heavy atom. The number of hydrogen-bond acceptors (Lipinski definition) is 4. The summed E-state index contributed by atoms with van der Waals surface area (Å²) in [4.78, 5) is 25.9. The molecule has 2 aliphatic rings. The molecule has 2 amide bonds. The summed E-state index contributed by atoms with van der Waals surface area (Å²) in [5, 5.41) is 9.73. The van der Waals surface area contributed by atoms with E-state index in [1.807, 2.05) is 0 Å². The van der Waals surface area contributed by atoms with E-state index < -0.39 is 5.82 Å². The number of para-hydroxylation sites is 1. The highest BCUT2D eigenvalue weighted by Crippen LogP contribution is 2.37. The third kappa shape index (κ3) is 3.65. The van der Waals surface area contributed by atoms with Crippen molar-refractivity contribution in [1.82, 2.24) is 20.4 Å². The van der Waals surface area contributed by atoms with Gasteiger partial charge in [0, 0.05) is 26.1 Å². The zero-order valence-electron chi connectivity index (χ0n) is 14.8. The van der Waals surface area contributed by atoms with E-state index in [9.17, 15) is 14.0 Å². The third-order valence-corrected chi connectivity index (χ3v) is 5.38. The van der Waals surface area contributed by atoms with Gasteiger partial charge in [-0.3, -0.25) is 14.7 Å². The molecule has 1 aromatic heterocycles. The average Bonchev–Trinajstić information content (AvgIpc) is 3.28. The first-order chi connectivity index (χ1) is 13.0. The number of ether oxygens (including phenoxy) is 1. The third-order valence-electron chi connectivity index (χ3n) is 5.38. The number of nitrogens with zero attached hydrogens (tertiary/aromatic N) is 2. The number of carbonyl (C=O) groups is 2. The van der Waals surface area contributed by atoms with Crippen LogP contribution in [0.4, 0.5) is 4.39 Å². The van der Waals surface area contributed by atoms with Crippen molar-refractivity contribution in [1.29, 1.82) is 0 Å². The molecule has 0 unspecified atom stereocenters. The number of rotatable bonds is 4. The lowest BCUT2D eigenvalue weighted by Crippen LogP contribution is -2.44. The molecule has 7 nitrogen and oxygen atoms in total. The van der Waals surface area contributed by atoms with Crippen molar-refractivity contribution in [3.05, 3.63) is 47.5 Å². The molecule has 0 bridgehead atoms. The van der Waals surface area contributed by atoms with E-state index in [2.05, 4.69) is 15.5 Å². The number of piperidine rings is 1. The van der Waals surface area contributed by atoms with Gasteiger partial charge in [-0.1, -0.05) is 12.1 Å². The van der Waals surface area contributed by atoms with Gasteiger partial charge in [-0.25, -0.2) is 4.39 Å². The van der Waals surface area contributed by atoms with Crippen LogP contribution in [0.2, 0.25) is 0 Å². The number of benzene rings is 1. The standard InChI is InChI=1S/C19H21FN4O3/c20-14-3-1-2-4-16(14)27-11-13-9-15(23-22-13)18(26)24-7-5-19(6-8-24)10-17(25)21-12-19/h1-4,9H,5-8,10-12H2,(H,21,25)(H,22,23). The lowest BCUT2D eigenvalue weighted by atomic mass is 9.77. The topological polar surface area (TPSA) is 87.3 Å². The van der Waals surface area contributed by atoms with E-state index in [-0.39, 0.29) is 29.6 Å². The number of aromatic nitrogens is 2. The first kappa shape index (κ1) is 17.5. The summed E-state index contributed by atoms with van der Waals surface area (Å²) in [6.45, 7) is 2.02. The van der Waals surface area contributed by atoms with Crippen molar-refractivity contribution in [3.8, 4) is 5.75 Å². The lowest BCUT2D eigenvalue weighted by molar-refractivity contribution is -0.119. The lowest BCUT2D eigenvalue weighted by Gasteiger charge is -2.37. The van der Waals surface area contributed by atoms with Crippen molar-refractivity contribution >= 4 is 11.8 Å². The molecule has 142 valence electrons. The van der Waals surface area contributed by atoms with Crippen LogP contribution in [-0.2, 0) is 11.4 Å². The minimum absolute atomic E-state index is 0.00179. The first-order valence-corrected chi connectivity index (χ1v) is 9.02. The summed E-state index contributed by atoms with van der Waals surface area (Å²) in [5.41, 5.74) is 0.914. The zero-order valence-corrected chi connectivity index (χ0v) is 14.8. The Morgan fingerprint density at radius 3 is 2.78 bits per heavy atom. The molecule has 3 heterocycles. The molecule has 1 aromatic carbocycles. The Labute approximate surface area is 155 Å². The van der Waals surface area contributed by atoms with Crippen LogP contribution in [0.5, 0.6) is 5.75 Å². The van der Waals surface area contributed by atoms with Gasteiger partial charge in [-0.2, -0.15) is 5.10 Å². The normalized spacial score (nSPS) is 18.6. The van der Waals surface area contributed by atoms with Gasteiger partial charge in [0.15, 0.2) is 17.3 Å². The monoisotopic (exact) mass is 372 g/mol. The summed E-state index contributed by atoms with van der Waals surface area (Å²) in [6, 6.07) is 7.79. The highest BCUT2D eigenvalue weighted by Gasteiger charge is 2.41. The molecule has 1 spiro atoms. The van der Waals surface area contributed by atoms with Crippen molar-refractivity contribution in [2.45, 2.75) is 25.9 Å². The van der Waals surface area contributed by atoms with Crippen LogP contribution in [0.3, 0.4) is 0 Å². The summed E-state index contributed by atoms with van der Waals surface area (Å²) in [6.07, 6.45) is 2.17. The second-order valence-corrected chi connectivity index (χ2v) is 7.24. The zero-order chi connectivity index (χ0) is 18.9. The second kappa shape index (κ2) is 7.02. The Balaban J connectivity index is 1.34. The maximum atomic E-state index is 13.6. The predicted molar refractivity (Wildman–Crippen MR) is 94.5 cm³/mol. The minimum Gasteiger partial charge on any atom is -0.484 e. The number of carbonyl (C=O) groups excluding carboxylic acids is 2. The molecule has 2 saturated heterocycles. The van der Waals surface area contributed by atoms with Crippen molar-refractivity contribution in [3.63, 3.8) is 0 Å². The van der Waals surface area contributed by atoms with Crippen LogP contribution < -0.4 is 10.1 Å². The van der Waals surface area contributed by atoms with Crippen LogP contribution in [0.25, 0.3) is 0 Å². The van der Waals surface area contributed by atoms with Crippen molar-refractivity contribution in [2.24, 2.45) is 5.41 Å². The van der Waals surface area contributed by atoms with E-state index >= 15 is 0 Å². The summed E-state index contributed by atoms with van der Waals surface area (Å²) in [5.74, 6) is -0.325. The first-order valence-electron chi connectivity index (χ1n) is 9.02. The molecule has 4 rings (SSSR count). The van der Waals surface area contributed by atoms with Gasteiger partial charge < -0.3 is 15.0 Å². The fraction of sp³-hybridized carbons (Fsp3) is 0.421. The van der Waals surface area contributed by atoms with Crippen LogP contribution >= 0.6 is 0 Å². The van der Waals surface area contributed by atoms with Gasteiger partial charge in [0.1, 0.15) is 6.61 Å². The predicted octanol–water partition coefficient (Wildman–Crippen LogP) is 1.87. The highest BCUT2D eigenvalue weighted by molar-refractivity contribution is 5.92. The molecule has 0 aliphatic carbocycles. The van der Waals surface area contributed by atoms with E-state index in [1.54, 1.807) is 29.2 Å². The number of nitrogens with one attached hydrogen (secondary N) is 2. The number of aromatic amines is 1. The number of H-pyrrole nitrogens is 1. The number of halogens is 1. The Bertz CT molecular complexity index is 858. The van der Waals surface area contributed by atoms with Gasteiger partial charge in [0.25, 0.3) is 5.91 Å². The van der Waals surface area contributed by atoms with Crippen LogP contribution in [-0.4, -0.2) is 46.5 Å². The molecule has 0 saturated carbocycles. The SMILES string of the molecule is O=C1CC2(CCN(C(=O)c3cc(COc4ccccc4F)[nH]n3)CC2)CN1. The molecule has 2 aromatic rings. The van der Waals surface area contributed by atoms with E-state index in [4.69, 9.17) is 4.74 Å². The van der Waals surface area contributed by atoms with Gasteiger partial charge in [-0.05, 0) is 36.5 Å². The summed E-state index contributed by atoms with van der Waals surface area (Å²) < 4.78 is 19.0. The van der Waals surface area contributed by atoms with E-state index in [0.717, 1.165) is 12.8 Å². The Kier molecular flexibility index (Phi) is 4.55. The molecular weight excluding hydrogens is 351 g/mol. The molecule has 2 N–H and O–H groups in total. The van der Waals surface area contributed by atoms with Gasteiger partial charge in [0.05, 0.1) is 5.69 Å². The highest BCUT2D eigenvalue weighted by atomic mass is 19.1.